The fourth-order valence-corrected chi connectivity index (χ4v) is 4.06. The number of carbonyl (C=O) groups is 1. The minimum atomic E-state index is -0.186. The Hall–Kier alpha value is -2.70. The maximum absolute atomic E-state index is 12.4. The molecule has 6 nitrogen and oxygen atoms in total. The first kappa shape index (κ1) is 20.6. The molecule has 0 spiro atoms. The molecule has 0 saturated carbocycles. The van der Waals surface area contributed by atoms with Crippen LogP contribution in [0, 0.1) is 0 Å². The average molecular weight is 424 g/mol. The number of hydrogen-bond acceptors (Lipinski definition) is 4. The molecule has 1 aromatic heterocycles. The molecule has 3 aromatic rings. The summed E-state index contributed by atoms with van der Waals surface area (Å²) in [6.45, 7) is 4.11. The largest absolute Gasteiger partial charge is 0.349 e. The molecule has 1 aliphatic heterocycles. The van der Waals surface area contributed by atoms with E-state index in [1.165, 1.54) is 18.4 Å². The lowest BCUT2D eigenvalue weighted by Gasteiger charge is -2.33. The van der Waals surface area contributed by atoms with Gasteiger partial charge in [0, 0.05) is 24.7 Å². The SMILES string of the molecule is O=C(NCCN1CCC[C@@H](c2ccccc2)C1)c1cn(Cc2ccc(Cl)cc2)nn1. The van der Waals surface area contributed by atoms with E-state index in [0.29, 0.717) is 29.7 Å². The zero-order valence-corrected chi connectivity index (χ0v) is 17.6. The van der Waals surface area contributed by atoms with Gasteiger partial charge < -0.3 is 10.2 Å². The number of piperidine rings is 1. The Labute approximate surface area is 181 Å². The smallest absolute Gasteiger partial charge is 0.273 e. The summed E-state index contributed by atoms with van der Waals surface area (Å²) in [7, 11) is 0. The highest BCUT2D eigenvalue weighted by Gasteiger charge is 2.21. The third-order valence-electron chi connectivity index (χ3n) is 5.52. The third-order valence-corrected chi connectivity index (χ3v) is 5.77. The first-order chi connectivity index (χ1) is 14.7. The van der Waals surface area contributed by atoms with Crippen molar-refractivity contribution in [2.45, 2.75) is 25.3 Å². The molecule has 0 radical (unpaired) electrons. The van der Waals surface area contributed by atoms with Crippen molar-refractivity contribution in [3.05, 3.63) is 82.6 Å². The zero-order chi connectivity index (χ0) is 20.8. The third kappa shape index (κ3) is 5.46. The van der Waals surface area contributed by atoms with Gasteiger partial charge in [-0.3, -0.25) is 4.79 Å². The Kier molecular flexibility index (Phi) is 6.77. The lowest BCUT2D eigenvalue weighted by atomic mass is 9.91. The lowest BCUT2D eigenvalue weighted by molar-refractivity contribution is 0.0940. The van der Waals surface area contributed by atoms with E-state index in [1.807, 2.05) is 24.3 Å². The summed E-state index contributed by atoms with van der Waals surface area (Å²) in [5.41, 5.74) is 2.79. The Morgan fingerprint density at radius 3 is 2.73 bits per heavy atom. The quantitative estimate of drug-likeness (QED) is 0.630. The van der Waals surface area contributed by atoms with Crippen molar-refractivity contribution in [2.75, 3.05) is 26.2 Å². The van der Waals surface area contributed by atoms with Crippen molar-refractivity contribution in [1.29, 1.82) is 0 Å². The van der Waals surface area contributed by atoms with Crippen LogP contribution in [0.15, 0.2) is 60.8 Å². The number of benzene rings is 2. The first-order valence-electron chi connectivity index (χ1n) is 10.4. The molecule has 0 bridgehead atoms. The minimum absolute atomic E-state index is 0.186. The lowest BCUT2D eigenvalue weighted by Crippen LogP contribution is -2.40. The molecular formula is C23H26ClN5O. The van der Waals surface area contributed by atoms with E-state index in [0.717, 1.165) is 25.2 Å². The summed E-state index contributed by atoms with van der Waals surface area (Å²) in [6.07, 6.45) is 4.09. The molecule has 1 fully saturated rings. The second-order valence-electron chi connectivity index (χ2n) is 7.73. The van der Waals surface area contributed by atoms with Crippen LogP contribution >= 0.6 is 11.6 Å². The second kappa shape index (κ2) is 9.87. The van der Waals surface area contributed by atoms with Gasteiger partial charge in [-0.25, -0.2) is 4.68 Å². The van der Waals surface area contributed by atoms with Gasteiger partial charge in [-0.1, -0.05) is 59.3 Å². The van der Waals surface area contributed by atoms with Crippen LogP contribution < -0.4 is 5.32 Å². The number of halogens is 1. The molecule has 1 saturated heterocycles. The van der Waals surface area contributed by atoms with Crippen LogP contribution in [0.25, 0.3) is 0 Å². The minimum Gasteiger partial charge on any atom is -0.349 e. The van der Waals surface area contributed by atoms with Gasteiger partial charge in [0.15, 0.2) is 5.69 Å². The average Bonchev–Trinajstić information content (AvgIpc) is 3.25. The molecule has 0 unspecified atom stereocenters. The summed E-state index contributed by atoms with van der Waals surface area (Å²) in [5, 5.41) is 11.7. The molecule has 0 aliphatic carbocycles. The highest BCUT2D eigenvalue weighted by molar-refractivity contribution is 6.30. The number of aromatic nitrogens is 3. The summed E-state index contributed by atoms with van der Waals surface area (Å²) in [4.78, 5) is 14.8. The van der Waals surface area contributed by atoms with Crippen molar-refractivity contribution in [3.63, 3.8) is 0 Å². The van der Waals surface area contributed by atoms with E-state index >= 15 is 0 Å². The molecule has 2 aromatic carbocycles. The number of amides is 1. The maximum atomic E-state index is 12.4. The fourth-order valence-electron chi connectivity index (χ4n) is 3.93. The molecule has 1 N–H and O–H groups in total. The van der Waals surface area contributed by atoms with Gasteiger partial charge in [0.25, 0.3) is 5.91 Å². The Morgan fingerprint density at radius 2 is 1.93 bits per heavy atom. The molecular weight excluding hydrogens is 398 g/mol. The number of carbonyl (C=O) groups excluding carboxylic acids is 1. The van der Waals surface area contributed by atoms with E-state index in [1.54, 1.807) is 10.9 Å². The predicted octanol–water partition coefficient (Wildman–Crippen LogP) is 3.59. The van der Waals surface area contributed by atoms with Crippen LogP contribution in [0.4, 0.5) is 0 Å². The van der Waals surface area contributed by atoms with Gasteiger partial charge in [0.2, 0.25) is 0 Å². The fraction of sp³-hybridized carbons (Fsp3) is 0.348. The summed E-state index contributed by atoms with van der Waals surface area (Å²) in [6, 6.07) is 18.2. The number of nitrogens with zero attached hydrogens (tertiary/aromatic N) is 4. The van der Waals surface area contributed by atoms with Crippen LogP contribution in [0.2, 0.25) is 5.02 Å². The van der Waals surface area contributed by atoms with Gasteiger partial charge in [-0.05, 0) is 48.6 Å². The van der Waals surface area contributed by atoms with Gasteiger partial charge in [0.05, 0.1) is 12.7 Å². The standard InChI is InChI=1S/C23H26ClN5O/c24-21-10-8-18(9-11-21)15-29-17-22(26-27-29)23(30)25-12-14-28-13-4-7-20(16-28)19-5-2-1-3-6-19/h1-3,5-6,8-11,17,20H,4,7,12-16H2,(H,25,30)/t20-/m1/s1. The van der Waals surface area contributed by atoms with Crippen LogP contribution in [0.5, 0.6) is 0 Å². The second-order valence-corrected chi connectivity index (χ2v) is 8.17. The maximum Gasteiger partial charge on any atom is 0.273 e. The van der Waals surface area contributed by atoms with Gasteiger partial charge in [-0.2, -0.15) is 0 Å². The number of likely N-dealkylation sites (tertiary alicyclic amines) is 1. The number of nitrogens with one attached hydrogen (secondary N) is 1. The summed E-state index contributed by atoms with van der Waals surface area (Å²) < 4.78 is 1.66. The Balaban J connectivity index is 1.24. The van der Waals surface area contributed by atoms with E-state index in [2.05, 4.69) is 50.9 Å². The van der Waals surface area contributed by atoms with E-state index in [-0.39, 0.29) is 5.91 Å². The Morgan fingerprint density at radius 1 is 1.13 bits per heavy atom. The molecule has 30 heavy (non-hydrogen) atoms. The summed E-state index contributed by atoms with van der Waals surface area (Å²) >= 11 is 5.91. The van der Waals surface area contributed by atoms with Gasteiger partial charge in [0.1, 0.15) is 0 Å². The zero-order valence-electron chi connectivity index (χ0n) is 16.9. The topological polar surface area (TPSA) is 63.1 Å². The first-order valence-corrected chi connectivity index (χ1v) is 10.8. The molecule has 4 rings (SSSR count). The highest BCUT2D eigenvalue weighted by atomic mass is 35.5. The van der Waals surface area contributed by atoms with Crippen LogP contribution in [-0.2, 0) is 6.54 Å². The normalized spacial score (nSPS) is 17.0. The molecule has 1 atom stereocenters. The number of rotatable bonds is 7. The van der Waals surface area contributed by atoms with Crippen molar-refractivity contribution < 1.29 is 4.79 Å². The van der Waals surface area contributed by atoms with Crippen molar-refractivity contribution >= 4 is 17.5 Å². The molecule has 7 heteroatoms. The molecule has 2 heterocycles. The van der Waals surface area contributed by atoms with Crippen molar-refractivity contribution in [2.24, 2.45) is 0 Å². The summed E-state index contributed by atoms with van der Waals surface area (Å²) in [5.74, 6) is 0.386. The van der Waals surface area contributed by atoms with E-state index < -0.39 is 0 Å². The van der Waals surface area contributed by atoms with Gasteiger partial charge >= 0.3 is 0 Å². The van der Waals surface area contributed by atoms with E-state index in [4.69, 9.17) is 11.6 Å². The molecule has 1 aliphatic rings. The molecule has 156 valence electrons. The predicted molar refractivity (Wildman–Crippen MR) is 118 cm³/mol. The Bertz CT molecular complexity index is 957. The van der Waals surface area contributed by atoms with Crippen molar-refractivity contribution in [3.8, 4) is 0 Å². The number of hydrogen-bond donors (Lipinski definition) is 1. The van der Waals surface area contributed by atoms with Crippen LogP contribution in [0.3, 0.4) is 0 Å². The highest BCUT2D eigenvalue weighted by Crippen LogP contribution is 2.26. The monoisotopic (exact) mass is 423 g/mol. The molecule has 1 amide bonds. The van der Waals surface area contributed by atoms with Crippen molar-refractivity contribution in [1.82, 2.24) is 25.2 Å². The van der Waals surface area contributed by atoms with Gasteiger partial charge in [-0.15, -0.1) is 5.10 Å². The van der Waals surface area contributed by atoms with E-state index in [9.17, 15) is 4.79 Å². The van der Waals surface area contributed by atoms with Crippen LogP contribution in [0.1, 0.15) is 40.4 Å². The van der Waals surface area contributed by atoms with Crippen LogP contribution in [-0.4, -0.2) is 52.0 Å².